The van der Waals surface area contributed by atoms with Crippen molar-refractivity contribution in [1.29, 1.82) is 0 Å². The SMILES string of the molecule is C[C@@H](NC(=O)[C@H]1CCC(=O)N1)c1ccc(Cl)s1. The number of rotatable bonds is 3. The van der Waals surface area contributed by atoms with Gasteiger partial charge in [-0.2, -0.15) is 0 Å². The highest BCUT2D eigenvalue weighted by molar-refractivity contribution is 7.16. The van der Waals surface area contributed by atoms with E-state index in [0.717, 1.165) is 4.88 Å². The first kappa shape index (κ1) is 12.4. The van der Waals surface area contributed by atoms with Gasteiger partial charge in [-0.25, -0.2) is 0 Å². The van der Waals surface area contributed by atoms with Gasteiger partial charge in [-0.15, -0.1) is 11.3 Å². The summed E-state index contributed by atoms with van der Waals surface area (Å²) in [5.74, 6) is -0.190. The zero-order valence-corrected chi connectivity index (χ0v) is 10.9. The van der Waals surface area contributed by atoms with Crippen molar-refractivity contribution in [2.24, 2.45) is 0 Å². The van der Waals surface area contributed by atoms with E-state index >= 15 is 0 Å². The standard InChI is InChI=1S/C11H13ClN2O2S/c1-6(8-3-4-9(12)17-8)13-11(16)7-2-5-10(15)14-7/h3-4,6-7H,2,5H2,1H3,(H,13,16)(H,14,15)/t6-,7-/m1/s1. The van der Waals surface area contributed by atoms with Crippen LogP contribution in [-0.2, 0) is 9.59 Å². The third-order valence-electron chi connectivity index (χ3n) is 2.69. The van der Waals surface area contributed by atoms with Gasteiger partial charge >= 0.3 is 0 Å². The Balaban J connectivity index is 1.92. The maximum Gasteiger partial charge on any atom is 0.243 e. The fraction of sp³-hybridized carbons (Fsp3) is 0.455. The highest BCUT2D eigenvalue weighted by Gasteiger charge is 2.28. The van der Waals surface area contributed by atoms with E-state index in [0.29, 0.717) is 17.2 Å². The van der Waals surface area contributed by atoms with E-state index in [1.54, 1.807) is 0 Å². The van der Waals surface area contributed by atoms with Crippen molar-refractivity contribution in [3.05, 3.63) is 21.3 Å². The largest absolute Gasteiger partial charge is 0.347 e. The molecule has 92 valence electrons. The number of hydrogen-bond acceptors (Lipinski definition) is 3. The normalized spacial score (nSPS) is 21.1. The summed E-state index contributed by atoms with van der Waals surface area (Å²) in [5, 5.41) is 5.51. The van der Waals surface area contributed by atoms with Gasteiger partial charge in [-0.1, -0.05) is 11.6 Å². The van der Waals surface area contributed by atoms with Crippen LogP contribution in [0, 0.1) is 0 Å². The lowest BCUT2D eigenvalue weighted by atomic mass is 10.2. The topological polar surface area (TPSA) is 58.2 Å². The average molecular weight is 273 g/mol. The Labute approximate surface area is 108 Å². The van der Waals surface area contributed by atoms with E-state index in [9.17, 15) is 9.59 Å². The molecule has 4 nitrogen and oxygen atoms in total. The lowest BCUT2D eigenvalue weighted by molar-refractivity contribution is -0.126. The lowest BCUT2D eigenvalue weighted by Crippen LogP contribution is -2.42. The molecule has 0 saturated carbocycles. The molecule has 1 saturated heterocycles. The molecular formula is C11H13ClN2O2S. The molecule has 0 radical (unpaired) electrons. The summed E-state index contributed by atoms with van der Waals surface area (Å²) in [6.07, 6.45) is 1.000. The third kappa shape index (κ3) is 2.98. The van der Waals surface area contributed by atoms with E-state index in [1.165, 1.54) is 11.3 Å². The molecule has 0 aromatic carbocycles. The predicted octanol–water partition coefficient (Wildman–Crippen LogP) is 1.86. The first-order chi connectivity index (χ1) is 8.06. The van der Waals surface area contributed by atoms with Crippen LogP contribution in [0.3, 0.4) is 0 Å². The van der Waals surface area contributed by atoms with Crippen molar-refractivity contribution in [3.8, 4) is 0 Å². The van der Waals surface area contributed by atoms with Crippen LogP contribution >= 0.6 is 22.9 Å². The first-order valence-electron chi connectivity index (χ1n) is 5.41. The first-order valence-corrected chi connectivity index (χ1v) is 6.60. The molecular weight excluding hydrogens is 260 g/mol. The minimum absolute atomic E-state index is 0.0584. The maximum atomic E-state index is 11.8. The van der Waals surface area contributed by atoms with Gasteiger partial charge in [0.25, 0.3) is 0 Å². The molecule has 6 heteroatoms. The summed E-state index contributed by atoms with van der Waals surface area (Å²) < 4.78 is 0.704. The van der Waals surface area contributed by atoms with Crippen LogP contribution in [0.2, 0.25) is 4.34 Å². The number of thiophene rings is 1. The Morgan fingerprint density at radius 2 is 2.41 bits per heavy atom. The third-order valence-corrected chi connectivity index (χ3v) is 4.11. The summed E-state index contributed by atoms with van der Waals surface area (Å²) in [6.45, 7) is 1.90. The smallest absolute Gasteiger partial charge is 0.243 e. The highest BCUT2D eigenvalue weighted by Crippen LogP contribution is 2.26. The van der Waals surface area contributed by atoms with E-state index in [-0.39, 0.29) is 23.9 Å². The molecule has 2 N–H and O–H groups in total. The molecule has 0 unspecified atom stereocenters. The van der Waals surface area contributed by atoms with Gasteiger partial charge in [0.15, 0.2) is 0 Å². The van der Waals surface area contributed by atoms with Gasteiger partial charge < -0.3 is 10.6 Å². The fourth-order valence-electron chi connectivity index (χ4n) is 1.76. The van der Waals surface area contributed by atoms with Crippen LogP contribution < -0.4 is 10.6 Å². The summed E-state index contributed by atoms with van der Waals surface area (Å²) in [7, 11) is 0. The van der Waals surface area contributed by atoms with E-state index < -0.39 is 0 Å². The number of nitrogens with one attached hydrogen (secondary N) is 2. The number of amides is 2. The van der Waals surface area contributed by atoms with Gasteiger partial charge in [-0.3, -0.25) is 9.59 Å². The van der Waals surface area contributed by atoms with Gasteiger partial charge in [-0.05, 0) is 25.5 Å². The molecule has 0 bridgehead atoms. The molecule has 0 aliphatic carbocycles. The van der Waals surface area contributed by atoms with Gasteiger partial charge in [0.2, 0.25) is 11.8 Å². The summed E-state index contributed by atoms with van der Waals surface area (Å²) in [4.78, 5) is 23.8. The molecule has 1 aromatic rings. The second-order valence-corrected chi connectivity index (χ2v) is 5.78. The second-order valence-electron chi connectivity index (χ2n) is 4.03. The van der Waals surface area contributed by atoms with Crippen LogP contribution in [-0.4, -0.2) is 17.9 Å². The van der Waals surface area contributed by atoms with Gasteiger partial charge in [0.05, 0.1) is 10.4 Å². The molecule has 2 amide bonds. The Bertz CT molecular complexity index is 446. The molecule has 17 heavy (non-hydrogen) atoms. The molecule has 0 spiro atoms. The zero-order chi connectivity index (χ0) is 12.4. The van der Waals surface area contributed by atoms with E-state index in [2.05, 4.69) is 10.6 Å². The quantitative estimate of drug-likeness (QED) is 0.882. The number of carbonyl (C=O) groups excluding carboxylic acids is 2. The minimum Gasteiger partial charge on any atom is -0.347 e. The molecule has 2 heterocycles. The van der Waals surface area contributed by atoms with Crippen LogP contribution in [0.25, 0.3) is 0 Å². The summed E-state index contributed by atoms with van der Waals surface area (Å²) >= 11 is 7.28. The Morgan fingerprint density at radius 3 is 2.94 bits per heavy atom. The van der Waals surface area contributed by atoms with Crippen molar-refractivity contribution in [2.45, 2.75) is 31.8 Å². The Hall–Kier alpha value is -1.07. The number of carbonyl (C=O) groups is 2. The van der Waals surface area contributed by atoms with Crippen LogP contribution in [0.1, 0.15) is 30.7 Å². The Kier molecular flexibility index (Phi) is 3.69. The highest BCUT2D eigenvalue weighted by atomic mass is 35.5. The van der Waals surface area contributed by atoms with Gasteiger partial charge in [0.1, 0.15) is 6.04 Å². The van der Waals surface area contributed by atoms with Crippen LogP contribution in [0.5, 0.6) is 0 Å². The Morgan fingerprint density at radius 1 is 1.65 bits per heavy atom. The minimum atomic E-state index is -0.389. The van der Waals surface area contributed by atoms with Gasteiger partial charge in [0, 0.05) is 11.3 Å². The van der Waals surface area contributed by atoms with Crippen LogP contribution in [0.15, 0.2) is 12.1 Å². The number of hydrogen-bond donors (Lipinski definition) is 2. The van der Waals surface area contributed by atoms with Crippen molar-refractivity contribution in [3.63, 3.8) is 0 Å². The van der Waals surface area contributed by atoms with E-state index in [1.807, 2.05) is 19.1 Å². The molecule has 2 rings (SSSR count). The molecule has 1 aromatic heterocycles. The van der Waals surface area contributed by atoms with Crippen LogP contribution in [0.4, 0.5) is 0 Å². The van der Waals surface area contributed by atoms with Crippen molar-refractivity contribution in [2.75, 3.05) is 0 Å². The maximum absolute atomic E-state index is 11.8. The molecule has 1 aliphatic heterocycles. The molecule has 2 atom stereocenters. The fourth-order valence-corrected chi connectivity index (χ4v) is 2.82. The number of halogens is 1. The monoisotopic (exact) mass is 272 g/mol. The van der Waals surface area contributed by atoms with Crippen molar-refractivity contribution >= 4 is 34.8 Å². The molecule has 1 fully saturated rings. The summed E-state index contributed by atoms with van der Waals surface area (Å²) in [5.41, 5.74) is 0. The van der Waals surface area contributed by atoms with E-state index in [4.69, 9.17) is 11.6 Å². The predicted molar refractivity (Wildman–Crippen MR) is 67.1 cm³/mol. The second kappa shape index (κ2) is 5.06. The van der Waals surface area contributed by atoms with Crippen molar-refractivity contribution < 1.29 is 9.59 Å². The molecule has 1 aliphatic rings. The summed E-state index contributed by atoms with van der Waals surface area (Å²) in [6, 6.07) is 3.23. The average Bonchev–Trinajstić information content (AvgIpc) is 2.87. The lowest BCUT2D eigenvalue weighted by Gasteiger charge is -2.15. The van der Waals surface area contributed by atoms with Crippen molar-refractivity contribution in [1.82, 2.24) is 10.6 Å². The zero-order valence-electron chi connectivity index (χ0n) is 9.33.